The molecule has 0 aliphatic heterocycles. The van der Waals surface area contributed by atoms with Crippen LogP contribution in [0.25, 0.3) is 34.4 Å². The van der Waals surface area contributed by atoms with E-state index in [2.05, 4.69) is 152 Å². The van der Waals surface area contributed by atoms with E-state index in [4.69, 9.17) is 0 Å². The van der Waals surface area contributed by atoms with Crippen molar-refractivity contribution in [2.45, 2.75) is 77.3 Å². The Hall–Kier alpha value is -3.42. The molecule has 0 heterocycles. The molecule has 0 radical (unpaired) electrons. The van der Waals surface area contributed by atoms with E-state index in [1.807, 2.05) is 0 Å². The molecule has 2 aliphatic rings. The molecule has 6 rings (SSSR count). The Morgan fingerprint density at radius 3 is 1.20 bits per heavy atom. The largest absolute Gasteiger partial charge is 0.0685 e. The van der Waals surface area contributed by atoms with Crippen LogP contribution in [-0.4, -0.2) is 9.52 Å². The van der Waals surface area contributed by atoms with Gasteiger partial charge in [-0.25, -0.2) is 0 Å². The van der Waals surface area contributed by atoms with Gasteiger partial charge in [0.25, 0.3) is 0 Å². The molecular weight excluding hydrogens is 509 g/mol. The Balaban J connectivity index is 1.31. The van der Waals surface area contributed by atoms with Crippen molar-refractivity contribution in [2.75, 3.05) is 0 Å². The summed E-state index contributed by atoms with van der Waals surface area (Å²) in [4.78, 5) is 0. The van der Waals surface area contributed by atoms with Crippen molar-refractivity contribution in [2.24, 2.45) is 0 Å². The number of fused-ring (bicyclic) bond motifs is 2. The van der Waals surface area contributed by atoms with Gasteiger partial charge in [0.1, 0.15) is 0 Å². The third-order valence-electron chi connectivity index (χ3n) is 9.47. The third kappa shape index (κ3) is 5.10. The number of rotatable bonds is 4. The molecule has 4 aromatic carbocycles. The first kappa shape index (κ1) is 27.7. The van der Waals surface area contributed by atoms with E-state index in [0.717, 1.165) is 0 Å². The molecule has 4 aromatic rings. The van der Waals surface area contributed by atoms with Crippen LogP contribution in [0.3, 0.4) is 0 Å². The Morgan fingerprint density at radius 2 is 0.854 bits per heavy atom. The first-order chi connectivity index (χ1) is 19.4. The maximum Gasteiger partial charge on any atom is 0.0474 e. The smallest absolute Gasteiger partial charge is 0.0474 e. The zero-order valence-corrected chi connectivity index (χ0v) is 27.5. The van der Waals surface area contributed by atoms with E-state index in [1.54, 1.807) is 22.3 Å². The first-order valence-electron chi connectivity index (χ1n) is 15.3. The molecule has 2 aliphatic carbocycles. The van der Waals surface area contributed by atoms with Crippen molar-refractivity contribution >= 4 is 21.7 Å². The topological polar surface area (TPSA) is 0 Å². The molecule has 0 amide bonds. The summed E-state index contributed by atoms with van der Waals surface area (Å²) in [5.41, 5.74) is 18.7. The fraction of sp³-hybridized carbons (Fsp3) is 0.300. The van der Waals surface area contributed by atoms with Gasteiger partial charge in [-0.3, -0.25) is 0 Å². The van der Waals surface area contributed by atoms with Crippen molar-refractivity contribution in [3.05, 3.63) is 129 Å². The lowest BCUT2D eigenvalue weighted by molar-refractivity contribution is 0.590. The second-order valence-electron chi connectivity index (χ2n) is 14.4. The average Bonchev–Trinajstić information content (AvgIpc) is 3.43. The fourth-order valence-corrected chi connectivity index (χ4v) is 9.58. The predicted octanol–water partition coefficient (Wildman–Crippen LogP) is 10.4. The van der Waals surface area contributed by atoms with Gasteiger partial charge in [0.2, 0.25) is 0 Å². The zero-order valence-electron chi connectivity index (χ0n) is 26.1. The van der Waals surface area contributed by atoms with Gasteiger partial charge in [0.05, 0.1) is 0 Å². The molecule has 208 valence electrons. The highest BCUT2D eigenvalue weighted by Crippen LogP contribution is 2.47. The maximum absolute atomic E-state index is 2.49. The SMILES string of the molecule is CC1=Cc2c(-c3ccc(C(C)(C)C)cc3)cccc2C1[SiH2]C1C(C)=Cc2c(-c3ccc(C(C)(C)C)cc3)cccc21. The van der Waals surface area contributed by atoms with Crippen molar-refractivity contribution in [1.82, 2.24) is 0 Å². The van der Waals surface area contributed by atoms with Crippen molar-refractivity contribution < 1.29 is 0 Å². The number of hydrogen-bond donors (Lipinski definition) is 0. The summed E-state index contributed by atoms with van der Waals surface area (Å²) in [5, 5.41) is 0. The minimum Gasteiger partial charge on any atom is -0.0685 e. The quantitative estimate of drug-likeness (QED) is 0.221. The van der Waals surface area contributed by atoms with Crippen molar-refractivity contribution in [1.29, 1.82) is 0 Å². The lowest BCUT2D eigenvalue weighted by atomic mass is 9.86. The second kappa shape index (κ2) is 10.1. The summed E-state index contributed by atoms with van der Waals surface area (Å²) in [6.07, 6.45) is 4.98. The van der Waals surface area contributed by atoms with Crippen LogP contribution in [0.15, 0.2) is 96.1 Å². The third-order valence-corrected chi connectivity index (χ3v) is 12.6. The molecule has 2 atom stereocenters. The molecule has 2 unspecified atom stereocenters. The van der Waals surface area contributed by atoms with Gasteiger partial charge in [-0.15, -0.1) is 0 Å². The maximum atomic E-state index is 2.49. The molecule has 0 nitrogen and oxygen atoms in total. The molecule has 41 heavy (non-hydrogen) atoms. The van der Waals surface area contributed by atoms with E-state index in [1.165, 1.54) is 44.5 Å². The molecule has 0 aromatic heterocycles. The number of hydrogen-bond acceptors (Lipinski definition) is 0. The second-order valence-corrected chi connectivity index (χ2v) is 16.5. The zero-order chi connectivity index (χ0) is 29.1. The molecule has 0 spiro atoms. The van der Waals surface area contributed by atoms with Crippen LogP contribution in [0.1, 0.15) is 99.9 Å². The lowest BCUT2D eigenvalue weighted by Crippen LogP contribution is -2.17. The van der Waals surface area contributed by atoms with Crippen LogP contribution in [0.2, 0.25) is 0 Å². The van der Waals surface area contributed by atoms with Crippen molar-refractivity contribution in [3.8, 4) is 22.3 Å². The average molecular weight is 553 g/mol. The van der Waals surface area contributed by atoms with Gasteiger partial charge in [0, 0.05) is 9.52 Å². The summed E-state index contributed by atoms with van der Waals surface area (Å²) >= 11 is 0. The molecule has 0 saturated carbocycles. The van der Waals surface area contributed by atoms with E-state index in [0.29, 0.717) is 11.1 Å². The van der Waals surface area contributed by atoms with Gasteiger partial charge >= 0.3 is 0 Å². The molecular formula is C40H44Si. The molecule has 0 N–H and O–H groups in total. The van der Waals surface area contributed by atoms with E-state index in [-0.39, 0.29) is 10.8 Å². The number of allylic oxidation sites excluding steroid dienone is 2. The predicted molar refractivity (Wildman–Crippen MR) is 182 cm³/mol. The van der Waals surface area contributed by atoms with Gasteiger partial charge in [-0.05, 0) is 91.4 Å². The summed E-state index contributed by atoms with van der Waals surface area (Å²) in [5.74, 6) is 0. The van der Waals surface area contributed by atoms with Crippen LogP contribution >= 0.6 is 0 Å². The van der Waals surface area contributed by atoms with Crippen LogP contribution in [0, 0.1) is 0 Å². The standard InChI is InChI=1S/C40H44Si/c1-25-23-35-31(27-15-19-29(20-16-27)39(3,4)5)11-9-13-33(35)37(25)41-38-26(2)24-36-32(12-10-14-34(36)38)28-17-21-30(22-18-28)40(6,7)8/h9-24,37-38H,41H2,1-8H3. The van der Waals surface area contributed by atoms with Crippen LogP contribution < -0.4 is 0 Å². The van der Waals surface area contributed by atoms with Crippen LogP contribution in [0.5, 0.6) is 0 Å². The highest BCUT2D eigenvalue weighted by atomic mass is 28.2. The minimum atomic E-state index is -0.527. The molecule has 1 heteroatoms. The minimum absolute atomic E-state index is 0.170. The monoisotopic (exact) mass is 552 g/mol. The molecule has 0 saturated heterocycles. The van der Waals surface area contributed by atoms with Gasteiger partial charge in [-0.2, -0.15) is 0 Å². The van der Waals surface area contributed by atoms with E-state index < -0.39 is 9.52 Å². The van der Waals surface area contributed by atoms with E-state index >= 15 is 0 Å². The van der Waals surface area contributed by atoms with E-state index in [9.17, 15) is 0 Å². The van der Waals surface area contributed by atoms with Gasteiger partial charge in [-0.1, -0.05) is 150 Å². The fourth-order valence-electron chi connectivity index (χ4n) is 6.91. The Morgan fingerprint density at radius 1 is 0.488 bits per heavy atom. The van der Waals surface area contributed by atoms with Crippen molar-refractivity contribution in [3.63, 3.8) is 0 Å². The summed E-state index contributed by atoms with van der Waals surface area (Å²) in [6, 6.07) is 32.5. The Bertz CT molecular complexity index is 1540. The van der Waals surface area contributed by atoms with Gasteiger partial charge < -0.3 is 0 Å². The highest BCUT2D eigenvalue weighted by molar-refractivity contribution is 6.44. The lowest BCUT2D eigenvalue weighted by Gasteiger charge is -2.22. The van der Waals surface area contributed by atoms with Gasteiger partial charge in [0.15, 0.2) is 0 Å². The molecule has 0 fully saturated rings. The van der Waals surface area contributed by atoms with Crippen LogP contribution in [0.4, 0.5) is 0 Å². The Kier molecular flexibility index (Phi) is 6.86. The summed E-state index contributed by atoms with van der Waals surface area (Å²) < 4.78 is 0. The summed E-state index contributed by atoms with van der Waals surface area (Å²) in [7, 11) is -0.527. The molecule has 0 bridgehead atoms. The Labute approximate surface area is 250 Å². The highest BCUT2D eigenvalue weighted by Gasteiger charge is 2.32. The van der Waals surface area contributed by atoms with Crippen LogP contribution in [-0.2, 0) is 10.8 Å². The first-order valence-corrected chi connectivity index (χ1v) is 16.9. The summed E-state index contributed by atoms with van der Waals surface area (Å²) in [6.45, 7) is 18.4. The number of benzene rings is 4. The normalized spacial score (nSPS) is 18.4.